The van der Waals surface area contributed by atoms with E-state index in [9.17, 15) is 27.6 Å². The number of ether oxygens (including phenoxy) is 4. The molecular formula is C25H7BrCl5F3O7. The Bertz CT molecular complexity index is 1780. The highest BCUT2D eigenvalue weighted by Crippen LogP contribution is 2.63. The van der Waals surface area contributed by atoms with E-state index in [4.69, 9.17) is 72.2 Å². The molecule has 3 aromatic rings. The summed E-state index contributed by atoms with van der Waals surface area (Å²) in [4.78, 5) is 37.0. The molecule has 0 aliphatic carbocycles. The van der Waals surface area contributed by atoms with Crippen LogP contribution in [0.3, 0.4) is 0 Å². The molecule has 1 spiro atoms. The van der Waals surface area contributed by atoms with Gasteiger partial charge in [-0.3, -0.25) is 4.79 Å². The Morgan fingerprint density at radius 1 is 0.878 bits per heavy atom. The molecule has 0 N–H and O–H groups in total. The minimum absolute atomic E-state index is 0.0240. The molecule has 3 aliphatic rings. The lowest BCUT2D eigenvalue weighted by molar-refractivity contribution is -0.189. The Hall–Kier alpha value is -2.41. The van der Waals surface area contributed by atoms with Crippen molar-refractivity contribution in [3.8, 4) is 23.0 Å². The maximum absolute atomic E-state index is 13.4. The predicted molar refractivity (Wildman–Crippen MR) is 143 cm³/mol. The number of fused-ring (bicyclic) bond motifs is 7. The molecule has 1 atom stereocenters. The monoisotopic (exact) mass is 730 g/mol. The zero-order chi connectivity index (χ0) is 29.8. The number of hydrogen-bond acceptors (Lipinski definition) is 7. The maximum atomic E-state index is 13.4. The van der Waals surface area contributed by atoms with Crippen LogP contribution in [-0.2, 0) is 26.3 Å². The molecule has 0 fully saturated rings. The number of esters is 3. The van der Waals surface area contributed by atoms with Gasteiger partial charge in [0.05, 0.1) is 36.5 Å². The van der Waals surface area contributed by atoms with E-state index in [1.54, 1.807) is 0 Å². The highest BCUT2D eigenvalue weighted by molar-refractivity contribution is 9.10. The molecule has 41 heavy (non-hydrogen) atoms. The lowest BCUT2D eigenvalue weighted by Gasteiger charge is -2.38. The van der Waals surface area contributed by atoms with Crippen molar-refractivity contribution in [2.45, 2.75) is 24.6 Å². The Morgan fingerprint density at radius 2 is 1.56 bits per heavy atom. The van der Waals surface area contributed by atoms with E-state index >= 15 is 0 Å². The van der Waals surface area contributed by atoms with Crippen LogP contribution >= 0.6 is 73.9 Å². The summed E-state index contributed by atoms with van der Waals surface area (Å²) in [6.07, 6.45) is -5.08. The average Bonchev–Trinajstić information content (AvgIpc) is 3.21. The predicted octanol–water partition coefficient (Wildman–Crippen LogP) is 8.60. The van der Waals surface area contributed by atoms with Gasteiger partial charge >= 0.3 is 24.1 Å². The first-order valence-corrected chi connectivity index (χ1v) is 13.8. The smallest absolute Gasteiger partial charge is 0.455 e. The van der Waals surface area contributed by atoms with Gasteiger partial charge in [0.25, 0.3) is 0 Å². The van der Waals surface area contributed by atoms with Gasteiger partial charge in [-0.25, -0.2) is 9.59 Å². The quantitative estimate of drug-likeness (QED) is 0.107. The fourth-order valence-electron chi connectivity index (χ4n) is 4.89. The summed E-state index contributed by atoms with van der Waals surface area (Å²) in [5.41, 5.74) is -1.68. The summed E-state index contributed by atoms with van der Waals surface area (Å²) >= 11 is 35.5. The van der Waals surface area contributed by atoms with Gasteiger partial charge in [-0.2, -0.15) is 13.2 Å². The van der Waals surface area contributed by atoms with E-state index in [0.29, 0.717) is 5.56 Å². The Morgan fingerprint density at radius 3 is 2.24 bits per heavy atom. The van der Waals surface area contributed by atoms with E-state index in [0.717, 1.165) is 6.07 Å². The number of halogens is 9. The first-order valence-electron chi connectivity index (χ1n) is 11.1. The SMILES string of the molecule is O=C1CCc2cc3c(c(Cl)c2O1)Oc1cc(OC(=O)C(F)(F)F)c(Br)cc1C31OC(=O)c2c(Cl)c(Cl)c(Cl)c(Cl)c21. The number of benzene rings is 3. The van der Waals surface area contributed by atoms with Gasteiger partial charge < -0.3 is 18.9 Å². The molecule has 3 aliphatic heterocycles. The van der Waals surface area contributed by atoms with Crippen LogP contribution in [0.25, 0.3) is 0 Å². The number of carbonyl (C=O) groups is 3. The minimum atomic E-state index is -5.31. The summed E-state index contributed by atoms with van der Waals surface area (Å²) in [6, 6.07) is 3.71. The molecule has 7 nitrogen and oxygen atoms in total. The van der Waals surface area contributed by atoms with Crippen molar-refractivity contribution in [3.63, 3.8) is 0 Å². The summed E-state index contributed by atoms with van der Waals surface area (Å²) in [6.45, 7) is 0. The van der Waals surface area contributed by atoms with Crippen LogP contribution in [0.4, 0.5) is 13.2 Å². The fourth-order valence-corrected chi connectivity index (χ4v) is 6.67. The minimum Gasteiger partial charge on any atom is -0.455 e. The second-order valence-electron chi connectivity index (χ2n) is 8.87. The Kier molecular flexibility index (Phi) is 6.69. The molecule has 0 aromatic heterocycles. The lowest BCUT2D eigenvalue weighted by atomic mass is 9.76. The van der Waals surface area contributed by atoms with Gasteiger partial charge in [0.2, 0.25) is 0 Å². The zero-order valence-electron chi connectivity index (χ0n) is 19.4. The summed E-state index contributed by atoms with van der Waals surface area (Å²) in [7, 11) is 0. The molecule has 0 radical (unpaired) electrons. The van der Waals surface area contributed by atoms with E-state index in [1.807, 2.05) is 0 Å². The second kappa shape index (κ2) is 9.55. The van der Waals surface area contributed by atoms with Crippen LogP contribution in [0, 0.1) is 0 Å². The standard InChI is InChI=1S/C25H7BrCl5F3O7/c26-9-4-7-10(5-11(9)39-23(37)25(32,33)34)38-21-8(3-6-1-2-12(35)40-20(6)19(21)31)24(7)14-13(22(36)41-24)15(27)17(29)18(30)16(14)28/h3-5H,1-2H2. The second-order valence-corrected chi connectivity index (χ2v) is 11.6. The van der Waals surface area contributed by atoms with Gasteiger partial charge in [0.1, 0.15) is 16.5 Å². The van der Waals surface area contributed by atoms with Crippen molar-refractivity contribution >= 4 is 91.8 Å². The van der Waals surface area contributed by atoms with Crippen LogP contribution in [0.5, 0.6) is 23.0 Å². The van der Waals surface area contributed by atoms with Crippen LogP contribution in [0.15, 0.2) is 22.7 Å². The van der Waals surface area contributed by atoms with E-state index in [2.05, 4.69) is 20.7 Å². The number of carbonyl (C=O) groups excluding carboxylic acids is 3. The number of rotatable bonds is 1. The fraction of sp³-hybridized carbons (Fsp3) is 0.160. The topological polar surface area (TPSA) is 88.1 Å². The van der Waals surface area contributed by atoms with Crippen molar-refractivity contribution in [2.75, 3.05) is 0 Å². The largest absolute Gasteiger partial charge is 0.491 e. The molecule has 3 aromatic carbocycles. The molecule has 3 heterocycles. The van der Waals surface area contributed by atoms with Crippen molar-refractivity contribution < 1.29 is 46.5 Å². The third kappa shape index (κ3) is 4.11. The van der Waals surface area contributed by atoms with E-state index in [1.165, 1.54) is 12.1 Å². The van der Waals surface area contributed by atoms with Gasteiger partial charge in [0.15, 0.2) is 17.1 Å². The Labute approximate surface area is 260 Å². The van der Waals surface area contributed by atoms with Gasteiger partial charge in [-0.15, -0.1) is 0 Å². The van der Waals surface area contributed by atoms with Crippen LogP contribution in [0.2, 0.25) is 25.1 Å². The summed E-state index contributed by atoms with van der Waals surface area (Å²) in [5.74, 6) is -5.10. The van der Waals surface area contributed by atoms with E-state index in [-0.39, 0.29) is 81.9 Å². The normalized spacial score (nSPS) is 18.6. The van der Waals surface area contributed by atoms with Crippen molar-refractivity contribution in [2.24, 2.45) is 0 Å². The van der Waals surface area contributed by atoms with Crippen LogP contribution < -0.4 is 14.2 Å². The van der Waals surface area contributed by atoms with Gasteiger partial charge in [0, 0.05) is 22.8 Å². The molecule has 16 heteroatoms. The van der Waals surface area contributed by atoms with Crippen molar-refractivity contribution in [1.82, 2.24) is 0 Å². The molecule has 0 amide bonds. The first kappa shape index (κ1) is 28.7. The Balaban J connectivity index is 1.70. The molecule has 212 valence electrons. The summed E-state index contributed by atoms with van der Waals surface area (Å²) in [5, 5.41) is -1.12. The molecule has 0 saturated heterocycles. The van der Waals surface area contributed by atoms with Gasteiger partial charge in [-0.05, 0) is 40.0 Å². The number of alkyl halides is 3. The molecule has 6 rings (SSSR count). The highest BCUT2D eigenvalue weighted by Gasteiger charge is 2.58. The first-order chi connectivity index (χ1) is 19.2. The summed E-state index contributed by atoms with van der Waals surface area (Å²) < 4.78 is 60.6. The molecule has 0 bridgehead atoms. The maximum Gasteiger partial charge on any atom is 0.491 e. The molecule has 1 unspecified atom stereocenters. The van der Waals surface area contributed by atoms with Gasteiger partial charge in [-0.1, -0.05) is 58.0 Å². The average molecular weight is 733 g/mol. The number of hydrogen-bond donors (Lipinski definition) is 0. The zero-order valence-corrected chi connectivity index (χ0v) is 24.8. The van der Waals surface area contributed by atoms with Crippen LogP contribution in [-0.4, -0.2) is 24.1 Å². The third-order valence-corrected chi connectivity index (χ3v) is 9.34. The van der Waals surface area contributed by atoms with Crippen molar-refractivity contribution in [3.05, 3.63) is 75.6 Å². The van der Waals surface area contributed by atoms with E-state index < -0.39 is 35.4 Å². The lowest BCUT2D eigenvalue weighted by Crippen LogP contribution is -2.34. The molecule has 0 saturated carbocycles. The highest BCUT2D eigenvalue weighted by atomic mass is 79.9. The molecular weight excluding hydrogens is 726 g/mol. The third-order valence-electron chi connectivity index (χ3n) is 6.58. The van der Waals surface area contributed by atoms with Crippen molar-refractivity contribution in [1.29, 1.82) is 0 Å². The van der Waals surface area contributed by atoms with Crippen LogP contribution in [0.1, 0.15) is 39.0 Å². The number of aryl methyl sites for hydroxylation is 1.